The number of nitrogens with zero attached hydrogens (tertiary/aromatic N) is 2. The normalized spacial score (nSPS) is 18.5. The molecule has 1 atom stereocenters. The molecule has 0 bridgehead atoms. The van der Waals surface area contributed by atoms with Gasteiger partial charge in [-0.15, -0.1) is 0 Å². The first-order valence-electron chi connectivity index (χ1n) is 6.71. The minimum atomic E-state index is -0.741. The zero-order valence-electron chi connectivity index (χ0n) is 11.6. The van der Waals surface area contributed by atoms with E-state index in [1.165, 1.54) is 0 Å². The molecule has 0 spiro atoms. The van der Waals surface area contributed by atoms with Gasteiger partial charge in [0.25, 0.3) is 0 Å². The van der Waals surface area contributed by atoms with Crippen molar-refractivity contribution in [2.24, 2.45) is 5.92 Å². The standard InChI is InChI=1S/C13H24N2O3/c1-4-5-10(2)14(3)13(18)15-8-6-11(7-9-15)12(16)17/h10-11H,4-9H2,1-3H3,(H,16,17). The molecule has 5 nitrogen and oxygen atoms in total. The molecule has 104 valence electrons. The molecular formula is C13H24N2O3. The SMILES string of the molecule is CCCC(C)N(C)C(=O)N1CCC(C(=O)O)CC1. The molecule has 5 heteroatoms. The third-order valence-electron chi connectivity index (χ3n) is 3.78. The number of carboxylic acids is 1. The van der Waals surface area contributed by atoms with Gasteiger partial charge in [-0.2, -0.15) is 0 Å². The van der Waals surface area contributed by atoms with Crippen molar-refractivity contribution in [3.05, 3.63) is 0 Å². The zero-order valence-corrected chi connectivity index (χ0v) is 11.6. The van der Waals surface area contributed by atoms with Gasteiger partial charge in [-0.25, -0.2) is 4.79 Å². The molecule has 1 saturated heterocycles. The summed E-state index contributed by atoms with van der Waals surface area (Å²) in [5, 5.41) is 8.92. The van der Waals surface area contributed by atoms with Gasteiger partial charge in [-0.05, 0) is 26.2 Å². The van der Waals surface area contributed by atoms with Crippen molar-refractivity contribution >= 4 is 12.0 Å². The van der Waals surface area contributed by atoms with Crippen molar-refractivity contribution < 1.29 is 14.7 Å². The van der Waals surface area contributed by atoms with Crippen LogP contribution in [-0.2, 0) is 4.79 Å². The summed E-state index contributed by atoms with van der Waals surface area (Å²) in [5.41, 5.74) is 0. The van der Waals surface area contributed by atoms with Crippen LogP contribution in [0.15, 0.2) is 0 Å². The van der Waals surface area contributed by atoms with E-state index in [9.17, 15) is 9.59 Å². The predicted molar refractivity (Wildman–Crippen MR) is 69.5 cm³/mol. The lowest BCUT2D eigenvalue weighted by Crippen LogP contribution is -2.48. The molecule has 1 rings (SSSR count). The van der Waals surface area contributed by atoms with Gasteiger partial charge in [-0.3, -0.25) is 4.79 Å². The summed E-state index contributed by atoms with van der Waals surface area (Å²) in [6.45, 7) is 5.26. The van der Waals surface area contributed by atoms with E-state index in [0.717, 1.165) is 12.8 Å². The Morgan fingerprint density at radius 3 is 2.39 bits per heavy atom. The fraction of sp³-hybridized carbons (Fsp3) is 0.846. The maximum absolute atomic E-state index is 12.2. The van der Waals surface area contributed by atoms with Gasteiger partial charge in [0.15, 0.2) is 0 Å². The summed E-state index contributed by atoms with van der Waals surface area (Å²) in [5.74, 6) is -1.03. The Morgan fingerprint density at radius 2 is 1.94 bits per heavy atom. The van der Waals surface area contributed by atoms with Crippen LogP contribution in [0.3, 0.4) is 0 Å². The van der Waals surface area contributed by atoms with E-state index in [0.29, 0.717) is 25.9 Å². The molecule has 0 aliphatic carbocycles. The fourth-order valence-electron chi connectivity index (χ4n) is 2.34. The first kappa shape index (κ1) is 14.8. The first-order chi connectivity index (χ1) is 8.47. The highest BCUT2D eigenvalue weighted by molar-refractivity contribution is 5.75. The summed E-state index contributed by atoms with van der Waals surface area (Å²) in [6, 6.07) is 0.263. The van der Waals surface area contributed by atoms with Crippen LogP contribution in [0.25, 0.3) is 0 Å². The molecule has 0 aromatic heterocycles. The molecule has 1 heterocycles. The van der Waals surface area contributed by atoms with Crippen molar-refractivity contribution in [2.75, 3.05) is 20.1 Å². The molecule has 1 aliphatic rings. The van der Waals surface area contributed by atoms with E-state index >= 15 is 0 Å². The molecular weight excluding hydrogens is 232 g/mol. The number of hydrogen-bond acceptors (Lipinski definition) is 2. The number of piperidine rings is 1. The number of hydrogen-bond donors (Lipinski definition) is 1. The van der Waals surface area contributed by atoms with Crippen LogP contribution >= 0.6 is 0 Å². The zero-order chi connectivity index (χ0) is 13.7. The molecule has 0 aromatic rings. The molecule has 1 N–H and O–H groups in total. The molecule has 0 radical (unpaired) electrons. The summed E-state index contributed by atoms with van der Waals surface area (Å²) in [7, 11) is 1.83. The van der Waals surface area contributed by atoms with E-state index in [2.05, 4.69) is 6.92 Å². The number of aliphatic carboxylic acids is 1. The van der Waals surface area contributed by atoms with Gasteiger partial charge < -0.3 is 14.9 Å². The highest BCUT2D eigenvalue weighted by atomic mass is 16.4. The molecule has 2 amide bonds. The lowest BCUT2D eigenvalue weighted by atomic mass is 9.97. The molecule has 0 saturated carbocycles. The van der Waals surface area contributed by atoms with Crippen molar-refractivity contribution in [3.8, 4) is 0 Å². The number of rotatable bonds is 4. The summed E-state index contributed by atoms with van der Waals surface area (Å²) < 4.78 is 0. The fourth-order valence-corrected chi connectivity index (χ4v) is 2.34. The number of urea groups is 1. The van der Waals surface area contributed by atoms with Gasteiger partial charge in [-0.1, -0.05) is 13.3 Å². The number of carboxylic acid groups (broad SMARTS) is 1. The largest absolute Gasteiger partial charge is 0.481 e. The third kappa shape index (κ3) is 3.62. The Kier molecular flexibility index (Phi) is 5.44. The maximum atomic E-state index is 12.2. The molecule has 1 fully saturated rings. The monoisotopic (exact) mass is 256 g/mol. The lowest BCUT2D eigenvalue weighted by molar-refractivity contribution is -0.143. The highest BCUT2D eigenvalue weighted by Gasteiger charge is 2.29. The van der Waals surface area contributed by atoms with Crippen LogP contribution in [0.1, 0.15) is 39.5 Å². The number of amides is 2. The van der Waals surface area contributed by atoms with Crippen LogP contribution in [-0.4, -0.2) is 53.1 Å². The summed E-state index contributed by atoms with van der Waals surface area (Å²) in [4.78, 5) is 26.6. The molecule has 18 heavy (non-hydrogen) atoms. The van der Waals surface area contributed by atoms with E-state index in [1.807, 2.05) is 14.0 Å². The second-order valence-corrected chi connectivity index (χ2v) is 5.13. The molecule has 1 aliphatic heterocycles. The van der Waals surface area contributed by atoms with Crippen molar-refractivity contribution in [1.29, 1.82) is 0 Å². The summed E-state index contributed by atoms with van der Waals surface area (Å²) in [6.07, 6.45) is 3.18. The van der Waals surface area contributed by atoms with Crippen LogP contribution in [0.4, 0.5) is 4.79 Å². The van der Waals surface area contributed by atoms with E-state index in [1.54, 1.807) is 9.80 Å². The van der Waals surface area contributed by atoms with Crippen molar-refractivity contribution in [2.45, 2.75) is 45.6 Å². The number of likely N-dealkylation sites (tertiary alicyclic amines) is 1. The van der Waals surface area contributed by atoms with Crippen LogP contribution in [0.5, 0.6) is 0 Å². The minimum Gasteiger partial charge on any atom is -0.481 e. The third-order valence-corrected chi connectivity index (χ3v) is 3.78. The predicted octanol–water partition coefficient (Wildman–Crippen LogP) is 2.02. The quantitative estimate of drug-likeness (QED) is 0.837. The number of carbonyl (C=O) groups is 2. The van der Waals surface area contributed by atoms with E-state index in [4.69, 9.17) is 5.11 Å². The van der Waals surface area contributed by atoms with E-state index in [-0.39, 0.29) is 18.0 Å². The lowest BCUT2D eigenvalue weighted by Gasteiger charge is -2.35. The van der Waals surface area contributed by atoms with Gasteiger partial charge in [0.05, 0.1) is 5.92 Å². The van der Waals surface area contributed by atoms with E-state index < -0.39 is 5.97 Å². The Morgan fingerprint density at radius 1 is 1.39 bits per heavy atom. The smallest absolute Gasteiger partial charge is 0.319 e. The maximum Gasteiger partial charge on any atom is 0.319 e. The topological polar surface area (TPSA) is 60.9 Å². The van der Waals surface area contributed by atoms with Crippen LogP contribution in [0.2, 0.25) is 0 Å². The van der Waals surface area contributed by atoms with Gasteiger partial charge >= 0.3 is 12.0 Å². The average molecular weight is 256 g/mol. The molecule has 0 aromatic carbocycles. The first-order valence-corrected chi connectivity index (χ1v) is 6.71. The second-order valence-electron chi connectivity index (χ2n) is 5.13. The Hall–Kier alpha value is -1.26. The van der Waals surface area contributed by atoms with Gasteiger partial charge in [0.2, 0.25) is 0 Å². The van der Waals surface area contributed by atoms with Crippen LogP contribution < -0.4 is 0 Å². The van der Waals surface area contributed by atoms with Gasteiger partial charge in [0, 0.05) is 26.2 Å². The number of carbonyl (C=O) groups excluding carboxylic acids is 1. The second kappa shape index (κ2) is 6.61. The Balaban J connectivity index is 2.46. The average Bonchev–Trinajstić information content (AvgIpc) is 2.37. The Bertz CT molecular complexity index is 299. The van der Waals surface area contributed by atoms with Crippen molar-refractivity contribution in [1.82, 2.24) is 9.80 Å². The minimum absolute atomic E-state index is 0.0276. The molecule has 1 unspecified atom stereocenters. The van der Waals surface area contributed by atoms with Crippen LogP contribution in [0, 0.1) is 5.92 Å². The Labute approximate surface area is 109 Å². The summed E-state index contributed by atoms with van der Waals surface area (Å²) >= 11 is 0. The van der Waals surface area contributed by atoms with Gasteiger partial charge in [0.1, 0.15) is 0 Å². The van der Waals surface area contributed by atoms with Crippen molar-refractivity contribution in [3.63, 3.8) is 0 Å². The highest BCUT2D eigenvalue weighted by Crippen LogP contribution is 2.19.